The van der Waals surface area contributed by atoms with E-state index in [1.165, 1.54) is 23.0 Å². The number of halogens is 2. The van der Waals surface area contributed by atoms with E-state index in [1.54, 1.807) is 11.6 Å². The Morgan fingerprint density at radius 3 is 2.63 bits per heavy atom. The number of likely N-dealkylation sites (tertiary alicyclic amines) is 1. The lowest BCUT2D eigenvalue weighted by Gasteiger charge is -2.32. The molecule has 1 saturated heterocycles. The van der Waals surface area contributed by atoms with Crippen LogP contribution in [-0.2, 0) is 11.3 Å². The van der Waals surface area contributed by atoms with Crippen molar-refractivity contribution in [3.05, 3.63) is 53.0 Å². The van der Waals surface area contributed by atoms with Gasteiger partial charge in [-0.1, -0.05) is 30.3 Å². The Hall–Kier alpha value is -1.64. The fourth-order valence-electron chi connectivity index (χ4n) is 2.88. The van der Waals surface area contributed by atoms with Crippen molar-refractivity contribution < 1.29 is 10.0 Å². The summed E-state index contributed by atoms with van der Waals surface area (Å²) in [5.74, 6) is -0.562. The molecule has 0 radical (unpaired) electrons. The van der Waals surface area contributed by atoms with Crippen LogP contribution in [0.3, 0.4) is 0 Å². The number of aromatic nitrogens is 1. The van der Waals surface area contributed by atoms with Crippen molar-refractivity contribution in [2.45, 2.75) is 25.4 Å². The number of carbonyl (C=O) groups is 1. The van der Waals surface area contributed by atoms with E-state index in [1.807, 2.05) is 11.4 Å². The third-order valence-corrected chi connectivity index (χ3v) is 4.99. The van der Waals surface area contributed by atoms with Gasteiger partial charge in [0.1, 0.15) is 0 Å². The predicted octanol–water partition coefficient (Wildman–Crippen LogP) is 3.58. The highest BCUT2D eigenvalue weighted by atomic mass is 35.5. The zero-order chi connectivity index (χ0) is 17.5. The maximum absolute atomic E-state index is 11.0. The van der Waals surface area contributed by atoms with Gasteiger partial charge in [0.25, 0.3) is 5.91 Å². The fourth-order valence-corrected chi connectivity index (χ4v) is 3.64. The van der Waals surface area contributed by atoms with E-state index in [4.69, 9.17) is 5.21 Å². The fraction of sp³-hybridized carbons (Fsp3) is 0.333. The number of amides is 1. The molecule has 0 aliphatic carbocycles. The molecule has 1 aromatic heterocycles. The van der Waals surface area contributed by atoms with Crippen LogP contribution in [0.1, 0.15) is 24.1 Å². The lowest BCUT2D eigenvalue weighted by atomic mass is 10.0. The van der Waals surface area contributed by atoms with Crippen LogP contribution < -0.4 is 10.8 Å². The van der Waals surface area contributed by atoms with Crippen LogP contribution >= 0.6 is 36.2 Å². The summed E-state index contributed by atoms with van der Waals surface area (Å²) in [7, 11) is 0. The average Bonchev–Trinajstić information content (AvgIpc) is 3.09. The molecule has 1 aliphatic rings. The molecule has 3 N–H and O–H groups in total. The van der Waals surface area contributed by atoms with Crippen LogP contribution in [0.4, 0.5) is 5.13 Å². The summed E-state index contributed by atoms with van der Waals surface area (Å²) >= 11 is 1.52. The maximum atomic E-state index is 11.0. The average molecular weight is 431 g/mol. The molecule has 148 valence electrons. The topological polar surface area (TPSA) is 77.5 Å². The van der Waals surface area contributed by atoms with Gasteiger partial charge in [0, 0.05) is 37.1 Å². The zero-order valence-corrected chi connectivity index (χ0v) is 17.2. The van der Waals surface area contributed by atoms with Gasteiger partial charge < -0.3 is 5.32 Å². The first kappa shape index (κ1) is 23.4. The summed E-state index contributed by atoms with van der Waals surface area (Å²) < 4.78 is 0. The molecule has 0 spiro atoms. The first-order valence-corrected chi connectivity index (χ1v) is 9.21. The molecular weight excluding hydrogens is 407 g/mol. The van der Waals surface area contributed by atoms with Crippen LogP contribution in [0, 0.1) is 0 Å². The molecule has 27 heavy (non-hydrogen) atoms. The van der Waals surface area contributed by atoms with Crippen LogP contribution in [0.25, 0.3) is 6.08 Å². The van der Waals surface area contributed by atoms with E-state index < -0.39 is 5.91 Å². The van der Waals surface area contributed by atoms with Gasteiger partial charge in [-0.15, -0.1) is 36.2 Å². The Balaban J connectivity index is 0.00000182. The van der Waals surface area contributed by atoms with Gasteiger partial charge in [0.05, 0.1) is 5.69 Å². The van der Waals surface area contributed by atoms with Crippen molar-refractivity contribution >= 4 is 53.3 Å². The molecule has 3 rings (SSSR count). The van der Waals surface area contributed by atoms with Crippen molar-refractivity contribution in [1.82, 2.24) is 15.4 Å². The van der Waals surface area contributed by atoms with Gasteiger partial charge in [-0.25, -0.2) is 10.5 Å². The molecule has 2 aromatic rings. The molecular formula is C18H24Cl2N4O2S. The third-order valence-electron chi connectivity index (χ3n) is 4.20. The number of benzene rings is 1. The van der Waals surface area contributed by atoms with E-state index in [9.17, 15) is 4.79 Å². The zero-order valence-electron chi connectivity index (χ0n) is 14.7. The standard InChI is InChI=1S/C18H22N4O2S.2ClH/c23-17(21-24)7-6-16-13-25-18(20-16)19-15-8-10-22(11-9-15)12-14-4-2-1-3-5-14;;/h1-7,13,15,24H,8-12H2,(H,19,20)(H,21,23);2*1H. The molecule has 1 amide bonds. The van der Waals surface area contributed by atoms with Crippen molar-refractivity contribution in [3.8, 4) is 0 Å². The third kappa shape index (κ3) is 7.48. The van der Waals surface area contributed by atoms with Gasteiger partial charge in [0.15, 0.2) is 5.13 Å². The molecule has 0 saturated carbocycles. The maximum Gasteiger partial charge on any atom is 0.267 e. The minimum Gasteiger partial charge on any atom is -0.359 e. The second-order valence-corrected chi connectivity index (χ2v) is 6.93. The Bertz CT molecular complexity index is 719. The second kappa shape index (κ2) is 11.9. The summed E-state index contributed by atoms with van der Waals surface area (Å²) in [6, 6.07) is 11.0. The first-order valence-electron chi connectivity index (χ1n) is 8.33. The minimum atomic E-state index is -0.562. The van der Waals surface area contributed by atoms with Gasteiger partial charge >= 0.3 is 0 Å². The lowest BCUT2D eigenvalue weighted by Crippen LogP contribution is -2.38. The number of hydroxylamine groups is 1. The first-order chi connectivity index (χ1) is 12.2. The van der Waals surface area contributed by atoms with Gasteiger partial charge in [-0.05, 0) is 24.5 Å². The van der Waals surface area contributed by atoms with E-state index in [-0.39, 0.29) is 24.8 Å². The number of piperidine rings is 1. The molecule has 0 atom stereocenters. The number of nitrogens with zero attached hydrogens (tertiary/aromatic N) is 2. The molecule has 6 nitrogen and oxygen atoms in total. The summed E-state index contributed by atoms with van der Waals surface area (Å²) in [6.45, 7) is 3.15. The van der Waals surface area contributed by atoms with Gasteiger partial charge in [0.2, 0.25) is 0 Å². The van der Waals surface area contributed by atoms with E-state index in [2.05, 4.69) is 39.5 Å². The number of hydrogen-bond acceptors (Lipinski definition) is 6. The summed E-state index contributed by atoms with van der Waals surface area (Å²) in [5.41, 5.74) is 3.62. The van der Waals surface area contributed by atoms with Crippen molar-refractivity contribution in [2.24, 2.45) is 0 Å². The summed E-state index contributed by atoms with van der Waals surface area (Å²) in [5, 5.41) is 14.7. The van der Waals surface area contributed by atoms with Crippen LogP contribution in [0.5, 0.6) is 0 Å². The Kier molecular flexibility index (Phi) is 10.4. The molecule has 1 aromatic carbocycles. The Labute approximate surface area is 175 Å². The molecule has 1 fully saturated rings. The van der Waals surface area contributed by atoms with Crippen LogP contribution in [0.15, 0.2) is 41.8 Å². The number of hydrogen-bond donors (Lipinski definition) is 3. The highest BCUT2D eigenvalue weighted by Gasteiger charge is 2.19. The van der Waals surface area contributed by atoms with Crippen molar-refractivity contribution in [3.63, 3.8) is 0 Å². The second-order valence-electron chi connectivity index (χ2n) is 6.07. The molecule has 2 heterocycles. The van der Waals surface area contributed by atoms with Gasteiger partial charge in [-0.3, -0.25) is 14.9 Å². The Morgan fingerprint density at radius 1 is 1.26 bits per heavy atom. The van der Waals surface area contributed by atoms with Gasteiger partial charge in [-0.2, -0.15) is 0 Å². The number of thiazole rings is 1. The molecule has 0 bridgehead atoms. The van der Waals surface area contributed by atoms with Crippen LogP contribution in [-0.4, -0.2) is 40.1 Å². The number of nitrogens with one attached hydrogen (secondary N) is 2. The number of anilines is 1. The van der Waals surface area contributed by atoms with E-state index in [0.29, 0.717) is 11.7 Å². The number of carbonyl (C=O) groups excluding carboxylic acids is 1. The predicted molar refractivity (Wildman–Crippen MR) is 114 cm³/mol. The smallest absolute Gasteiger partial charge is 0.267 e. The number of rotatable bonds is 6. The molecule has 0 unspecified atom stereocenters. The normalized spacial score (nSPS) is 15.0. The monoisotopic (exact) mass is 430 g/mol. The lowest BCUT2D eigenvalue weighted by molar-refractivity contribution is -0.124. The highest BCUT2D eigenvalue weighted by molar-refractivity contribution is 7.13. The summed E-state index contributed by atoms with van der Waals surface area (Å²) in [4.78, 5) is 17.9. The Morgan fingerprint density at radius 2 is 1.96 bits per heavy atom. The largest absolute Gasteiger partial charge is 0.359 e. The molecule has 9 heteroatoms. The van der Waals surface area contributed by atoms with E-state index >= 15 is 0 Å². The quantitative estimate of drug-likeness (QED) is 0.370. The minimum absolute atomic E-state index is 0. The van der Waals surface area contributed by atoms with Crippen LogP contribution in [0.2, 0.25) is 0 Å². The SMILES string of the molecule is Cl.Cl.O=C(C=Cc1csc(NC2CCN(Cc3ccccc3)CC2)n1)NO. The van der Waals surface area contributed by atoms with E-state index in [0.717, 1.165) is 37.6 Å². The highest BCUT2D eigenvalue weighted by Crippen LogP contribution is 2.21. The molecule has 1 aliphatic heterocycles. The van der Waals surface area contributed by atoms with Crippen molar-refractivity contribution in [2.75, 3.05) is 18.4 Å². The van der Waals surface area contributed by atoms with Crippen molar-refractivity contribution in [1.29, 1.82) is 0 Å². The summed E-state index contributed by atoms with van der Waals surface area (Å²) in [6.07, 6.45) is 5.01.